The van der Waals surface area contributed by atoms with Gasteiger partial charge >= 0.3 is 0 Å². The van der Waals surface area contributed by atoms with Gasteiger partial charge in [0.15, 0.2) is 0 Å². The highest BCUT2D eigenvalue weighted by Crippen LogP contribution is 2.26. The zero-order valence-electron chi connectivity index (χ0n) is 12.5. The molecule has 0 N–H and O–H groups in total. The third-order valence-corrected chi connectivity index (χ3v) is 4.91. The molecule has 0 spiro atoms. The maximum Gasteiger partial charge on any atom is 0.264 e. The molecule has 2 aromatic heterocycles. The number of hydrogen-bond donors (Lipinski definition) is 0. The Morgan fingerprint density at radius 2 is 2.13 bits per heavy atom. The Hall–Kier alpha value is -2.40. The van der Waals surface area contributed by atoms with Gasteiger partial charge in [-0.3, -0.25) is 9.78 Å². The molecule has 116 valence electrons. The molecule has 4 rings (SSSR count). The third-order valence-electron chi connectivity index (χ3n) is 4.05. The highest BCUT2D eigenvalue weighted by atomic mass is 32.1. The smallest absolute Gasteiger partial charge is 0.264 e. The average Bonchev–Trinajstić information content (AvgIpc) is 3.27. The number of fused-ring (bicyclic) bond motifs is 1. The third kappa shape index (κ3) is 2.80. The number of ether oxygens (including phenoxy) is 1. The van der Waals surface area contributed by atoms with E-state index < -0.39 is 0 Å². The first-order valence-corrected chi connectivity index (χ1v) is 8.52. The van der Waals surface area contributed by atoms with Crippen LogP contribution in [0, 0.1) is 0 Å². The van der Waals surface area contributed by atoms with Crippen LogP contribution < -0.4 is 4.74 Å². The van der Waals surface area contributed by atoms with Crippen LogP contribution in [0.25, 0.3) is 10.9 Å². The molecule has 1 unspecified atom stereocenters. The fraction of sp³-hybridized carbons (Fsp3) is 0.222. The van der Waals surface area contributed by atoms with Gasteiger partial charge in [0.1, 0.15) is 17.4 Å². The van der Waals surface area contributed by atoms with Crippen molar-refractivity contribution in [3.05, 3.63) is 58.9 Å². The Balaban J connectivity index is 1.49. The summed E-state index contributed by atoms with van der Waals surface area (Å²) < 4.78 is 6.13. The topological polar surface area (TPSA) is 42.4 Å². The second-order valence-electron chi connectivity index (χ2n) is 5.59. The lowest BCUT2D eigenvalue weighted by atomic mass is 10.2. The number of nitrogens with zero attached hydrogens (tertiary/aromatic N) is 2. The summed E-state index contributed by atoms with van der Waals surface area (Å²) in [7, 11) is 0. The van der Waals surface area contributed by atoms with Crippen LogP contribution in [0.15, 0.2) is 54.0 Å². The van der Waals surface area contributed by atoms with E-state index in [0.29, 0.717) is 6.54 Å². The van der Waals surface area contributed by atoms with Gasteiger partial charge in [0, 0.05) is 24.5 Å². The van der Waals surface area contributed by atoms with Crippen molar-refractivity contribution in [3.8, 4) is 5.75 Å². The summed E-state index contributed by atoms with van der Waals surface area (Å²) >= 11 is 1.48. The van der Waals surface area contributed by atoms with Crippen molar-refractivity contribution in [2.45, 2.75) is 12.5 Å². The van der Waals surface area contributed by atoms with Gasteiger partial charge in [-0.1, -0.05) is 24.3 Å². The van der Waals surface area contributed by atoms with E-state index in [9.17, 15) is 4.79 Å². The largest absolute Gasteiger partial charge is 0.486 e. The van der Waals surface area contributed by atoms with Gasteiger partial charge in [-0.15, -0.1) is 11.3 Å². The summed E-state index contributed by atoms with van der Waals surface area (Å²) in [6, 6.07) is 13.7. The molecule has 1 aromatic carbocycles. The van der Waals surface area contributed by atoms with Gasteiger partial charge < -0.3 is 9.64 Å². The number of aromatic nitrogens is 1. The monoisotopic (exact) mass is 324 g/mol. The first-order chi connectivity index (χ1) is 11.3. The van der Waals surface area contributed by atoms with Crippen LogP contribution in [-0.4, -0.2) is 35.0 Å². The van der Waals surface area contributed by atoms with Gasteiger partial charge in [-0.05, 0) is 23.6 Å². The predicted molar refractivity (Wildman–Crippen MR) is 91.0 cm³/mol. The molecule has 3 heterocycles. The molecule has 0 saturated carbocycles. The zero-order valence-corrected chi connectivity index (χ0v) is 13.3. The van der Waals surface area contributed by atoms with Crippen molar-refractivity contribution in [2.24, 2.45) is 0 Å². The molecular formula is C18H16N2O2S. The second kappa shape index (κ2) is 6.01. The molecule has 1 amide bonds. The molecule has 0 bridgehead atoms. The zero-order chi connectivity index (χ0) is 15.6. The van der Waals surface area contributed by atoms with E-state index in [2.05, 4.69) is 4.98 Å². The van der Waals surface area contributed by atoms with Gasteiger partial charge in [0.25, 0.3) is 5.91 Å². The maximum absolute atomic E-state index is 12.4. The number of hydrogen-bond acceptors (Lipinski definition) is 4. The summed E-state index contributed by atoms with van der Waals surface area (Å²) in [5.41, 5.74) is 0.873. The molecule has 1 fully saturated rings. The predicted octanol–water partition coefficient (Wildman–Crippen LogP) is 3.59. The van der Waals surface area contributed by atoms with Crippen LogP contribution in [0.5, 0.6) is 5.75 Å². The first-order valence-electron chi connectivity index (χ1n) is 7.64. The molecule has 1 aliphatic rings. The number of thiophene rings is 1. The quantitative estimate of drug-likeness (QED) is 0.739. The number of para-hydroxylation sites is 1. The number of benzene rings is 1. The van der Waals surface area contributed by atoms with Crippen LogP contribution in [0.4, 0.5) is 0 Å². The Morgan fingerprint density at radius 1 is 1.22 bits per heavy atom. The van der Waals surface area contributed by atoms with Gasteiger partial charge in [-0.2, -0.15) is 0 Å². The molecule has 0 radical (unpaired) electrons. The molecule has 1 atom stereocenters. The average molecular weight is 324 g/mol. The molecule has 1 aliphatic heterocycles. The lowest BCUT2D eigenvalue weighted by molar-refractivity contribution is 0.0777. The first kappa shape index (κ1) is 14.2. The molecule has 0 aliphatic carbocycles. The van der Waals surface area contributed by atoms with Crippen molar-refractivity contribution in [1.29, 1.82) is 0 Å². The second-order valence-corrected chi connectivity index (χ2v) is 6.54. The summed E-state index contributed by atoms with van der Waals surface area (Å²) in [6.07, 6.45) is 2.64. The van der Waals surface area contributed by atoms with E-state index in [1.54, 1.807) is 6.20 Å². The van der Waals surface area contributed by atoms with Crippen molar-refractivity contribution >= 4 is 28.1 Å². The van der Waals surface area contributed by atoms with Gasteiger partial charge in [0.05, 0.1) is 11.4 Å². The standard InChI is InChI=1S/C18H16N2O2S/c21-18(16-7-3-11-23-16)20-10-8-14(12-20)22-15-6-1-4-13-5-2-9-19-17(13)15/h1-7,9,11,14H,8,10,12H2. The Labute approximate surface area is 138 Å². The highest BCUT2D eigenvalue weighted by molar-refractivity contribution is 7.12. The Bertz CT molecular complexity index is 827. The molecule has 1 saturated heterocycles. The van der Waals surface area contributed by atoms with Crippen molar-refractivity contribution < 1.29 is 9.53 Å². The number of pyridine rings is 1. The SMILES string of the molecule is O=C(c1cccs1)N1CCC(Oc2cccc3cccnc23)C1. The number of carbonyl (C=O) groups excluding carboxylic acids is 1. The van der Waals surface area contributed by atoms with E-state index in [0.717, 1.165) is 34.5 Å². The fourth-order valence-corrected chi connectivity index (χ4v) is 3.61. The van der Waals surface area contributed by atoms with Gasteiger partial charge in [-0.25, -0.2) is 0 Å². The van der Waals surface area contributed by atoms with Gasteiger partial charge in [0.2, 0.25) is 0 Å². The number of rotatable bonds is 3. The van der Waals surface area contributed by atoms with E-state index in [4.69, 9.17) is 4.74 Å². The molecule has 5 heteroatoms. The van der Waals surface area contributed by atoms with Crippen LogP contribution in [0.2, 0.25) is 0 Å². The Morgan fingerprint density at radius 3 is 3.00 bits per heavy atom. The van der Waals surface area contributed by atoms with Crippen LogP contribution in [0.3, 0.4) is 0 Å². The minimum atomic E-state index is 0.0199. The summed E-state index contributed by atoms with van der Waals surface area (Å²) in [5, 5.41) is 2.99. The maximum atomic E-state index is 12.4. The summed E-state index contributed by atoms with van der Waals surface area (Å²) in [5.74, 6) is 0.890. The molecule has 3 aromatic rings. The summed E-state index contributed by atoms with van der Waals surface area (Å²) in [4.78, 5) is 19.5. The van der Waals surface area contributed by atoms with E-state index in [1.807, 2.05) is 52.7 Å². The minimum absolute atomic E-state index is 0.0199. The van der Waals surface area contributed by atoms with Crippen molar-refractivity contribution in [3.63, 3.8) is 0 Å². The molecular weight excluding hydrogens is 308 g/mol. The van der Waals surface area contributed by atoms with Crippen LogP contribution in [0.1, 0.15) is 16.1 Å². The molecule has 4 nitrogen and oxygen atoms in total. The van der Waals surface area contributed by atoms with Crippen molar-refractivity contribution in [1.82, 2.24) is 9.88 Å². The normalized spacial score (nSPS) is 17.6. The lowest BCUT2D eigenvalue weighted by Gasteiger charge is -2.17. The number of amides is 1. The summed E-state index contributed by atoms with van der Waals surface area (Å²) in [6.45, 7) is 1.36. The number of carbonyl (C=O) groups is 1. The van der Waals surface area contributed by atoms with E-state index in [1.165, 1.54) is 11.3 Å². The van der Waals surface area contributed by atoms with E-state index >= 15 is 0 Å². The minimum Gasteiger partial charge on any atom is -0.486 e. The van der Waals surface area contributed by atoms with E-state index in [-0.39, 0.29) is 12.0 Å². The van der Waals surface area contributed by atoms with Crippen molar-refractivity contribution in [2.75, 3.05) is 13.1 Å². The van der Waals surface area contributed by atoms with Crippen LogP contribution >= 0.6 is 11.3 Å². The fourth-order valence-electron chi connectivity index (χ4n) is 2.92. The lowest BCUT2D eigenvalue weighted by Crippen LogP contribution is -2.30. The molecule has 23 heavy (non-hydrogen) atoms. The Kier molecular flexibility index (Phi) is 3.71. The van der Waals surface area contributed by atoms with Crippen LogP contribution in [-0.2, 0) is 0 Å². The number of likely N-dealkylation sites (tertiary alicyclic amines) is 1. The highest BCUT2D eigenvalue weighted by Gasteiger charge is 2.29.